The molecular formula is C17H28O2. The Kier molecular flexibility index (Phi) is 5.47. The molecule has 3 unspecified atom stereocenters. The molecule has 2 heteroatoms. The number of carbonyl (C=O) groups excluding carboxylic acids is 1. The Labute approximate surface area is 117 Å². The molecule has 0 saturated heterocycles. The van der Waals surface area contributed by atoms with Gasteiger partial charge in [-0.2, -0.15) is 0 Å². The first kappa shape index (κ1) is 14.6. The van der Waals surface area contributed by atoms with Gasteiger partial charge in [0, 0.05) is 6.42 Å². The average molecular weight is 264 g/mol. The molecule has 0 aromatic rings. The number of carbonyl (C=O) groups is 1. The number of esters is 1. The Morgan fingerprint density at radius 1 is 1.47 bits per heavy atom. The zero-order valence-electron chi connectivity index (χ0n) is 12.5. The highest BCUT2D eigenvalue weighted by Crippen LogP contribution is 2.41. The highest BCUT2D eigenvalue weighted by atomic mass is 16.5. The van der Waals surface area contributed by atoms with Gasteiger partial charge in [0.05, 0.1) is 6.61 Å². The van der Waals surface area contributed by atoms with Crippen molar-refractivity contribution in [1.29, 1.82) is 0 Å². The van der Waals surface area contributed by atoms with Crippen molar-refractivity contribution < 1.29 is 9.53 Å². The first-order valence-electron chi connectivity index (χ1n) is 8.05. The standard InChI is InChI=1S/C17H28O2/c1-3-6-17(18)19-12-13(2)15-10-9-14-7-4-5-8-16(14)11-15/h7,13,15-16H,3-6,8-12H2,1-2H3. The average Bonchev–Trinajstić information content (AvgIpc) is 2.44. The highest BCUT2D eigenvalue weighted by molar-refractivity contribution is 5.69. The van der Waals surface area contributed by atoms with E-state index in [0.717, 1.165) is 18.3 Å². The Morgan fingerprint density at radius 3 is 3.11 bits per heavy atom. The Hall–Kier alpha value is -0.790. The largest absolute Gasteiger partial charge is 0.465 e. The van der Waals surface area contributed by atoms with E-state index in [-0.39, 0.29) is 5.97 Å². The molecule has 2 nitrogen and oxygen atoms in total. The number of hydrogen-bond donors (Lipinski definition) is 0. The predicted molar refractivity (Wildman–Crippen MR) is 77.8 cm³/mol. The lowest BCUT2D eigenvalue weighted by molar-refractivity contribution is -0.145. The SMILES string of the molecule is CCCC(=O)OCC(C)C1CCC2=CCCCC2C1. The van der Waals surface area contributed by atoms with Crippen LogP contribution in [-0.2, 0) is 9.53 Å². The second-order valence-electron chi connectivity index (χ2n) is 6.35. The molecule has 3 atom stereocenters. The molecule has 0 spiro atoms. The summed E-state index contributed by atoms with van der Waals surface area (Å²) < 4.78 is 5.38. The molecule has 0 aliphatic heterocycles. The van der Waals surface area contributed by atoms with Crippen LogP contribution in [0.15, 0.2) is 11.6 Å². The van der Waals surface area contributed by atoms with Crippen molar-refractivity contribution in [3.63, 3.8) is 0 Å². The van der Waals surface area contributed by atoms with E-state index in [1.807, 2.05) is 6.92 Å². The van der Waals surface area contributed by atoms with Gasteiger partial charge in [-0.3, -0.25) is 4.79 Å². The summed E-state index contributed by atoms with van der Waals surface area (Å²) in [6.07, 6.45) is 11.8. The fourth-order valence-corrected chi connectivity index (χ4v) is 3.57. The smallest absolute Gasteiger partial charge is 0.305 e. The monoisotopic (exact) mass is 264 g/mol. The first-order valence-corrected chi connectivity index (χ1v) is 8.05. The number of allylic oxidation sites excluding steroid dienone is 2. The molecule has 2 aliphatic carbocycles. The third kappa shape index (κ3) is 4.09. The fourth-order valence-electron chi connectivity index (χ4n) is 3.57. The Balaban J connectivity index is 1.77. The summed E-state index contributed by atoms with van der Waals surface area (Å²) in [6.45, 7) is 4.89. The van der Waals surface area contributed by atoms with Crippen molar-refractivity contribution in [2.45, 2.75) is 65.2 Å². The minimum Gasteiger partial charge on any atom is -0.465 e. The molecule has 0 bridgehead atoms. The van der Waals surface area contributed by atoms with Crippen LogP contribution in [0.2, 0.25) is 0 Å². The molecule has 0 N–H and O–H groups in total. The predicted octanol–water partition coefficient (Wildman–Crippen LogP) is 4.49. The van der Waals surface area contributed by atoms with Crippen molar-refractivity contribution in [2.75, 3.05) is 6.61 Å². The maximum Gasteiger partial charge on any atom is 0.305 e. The van der Waals surface area contributed by atoms with Gasteiger partial charge in [-0.25, -0.2) is 0 Å². The van der Waals surface area contributed by atoms with Crippen molar-refractivity contribution in [3.05, 3.63) is 11.6 Å². The van der Waals surface area contributed by atoms with Crippen LogP contribution in [0, 0.1) is 17.8 Å². The summed E-state index contributed by atoms with van der Waals surface area (Å²) in [6, 6.07) is 0. The number of ether oxygens (including phenoxy) is 1. The lowest BCUT2D eigenvalue weighted by atomic mass is 9.70. The molecule has 0 aromatic carbocycles. The van der Waals surface area contributed by atoms with E-state index in [1.54, 1.807) is 5.57 Å². The lowest BCUT2D eigenvalue weighted by Gasteiger charge is -2.36. The maximum absolute atomic E-state index is 11.4. The normalized spacial score (nSPS) is 28.2. The molecular weight excluding hydrogens is 236 g/mol. The van der Waals surface area contributed by atoms with Crippen LogP contribution in [0.5, 0.6) is 0 Å². The van der Waals surface area contributed by atoms with Gasteiger partial charge < -0.3 is 4.74 Å². The van der Waals surface area contributed by atoms with E-state index >= 15 is 0 Å². The van der Waals surface area contributed by atoms with Crippen molar-refractivity contribution in [3.8, 4) is 0 Å². The molecule has 2 rings (SSSR count). The van der Waals surface area contributed by atoms with Gasteiger partial charge in [-0.05, 0) is 62.7 Å². The molecule has 0 aromatic heterocycles. The molecule has 0 radical (unpaired) electrons. The van der Waals surface area contributed by atoms with Crippen molar-refractivity contribution in [1.82, 2.24) is 0 Å². The number of fused-ring (bicyclic) bond motifs is 1. The van der Waals surface area contributed by atoms with E-state index in [9.17, 15) is 4.79 Å². The minimum atomic E-state index is -0.0246. The summed E-state index contributed by atoms with van der Waals surface area (Å²) in [5.41, 5.74) is 1.72. The molecule has 0 amide bonds. The highest BCUT2D eigenvalue weighted by Gasteiger charge is 2.30. The first-order chi connectivity index (χ1) is 9.20. The topological polar surface area (TPSA) is 26.3 Å². The Morgan fingerprint density at radius 2 is 2.32 bits per heavy atom. The van der Waals surface area contributed by atoms with Crippen LogP contribution in [0.25, 0.3) is 0 Å². The second kappa shape index (κ2) is 7.12. The van der Waals surface area contributed by atoms with Crippen LogP contribution >= 0.6 is 0 Å². The van der Waals surface area contributed by atoms with Crippen molar-refractivity contribution >= 4 is 5.97 Å². The van der Waals surface area contributed by atoms with Crippen LogP contribution in [0.3, 0.4) is 0 Å². The van der Waals surface area contributed by atoms with E-state index < -0.39 is 0 Å². The quantitative estimate of drug-likeness (QED) is 0.540. The van der Waals surface area contributed by atoms with E-state index in [1.165, 1.54) is 38.5 Å². The Bertz CT molecular complexity index is 332. The van der Waals surface area contributed by atoms with Gasteiger partial charge in [0.15, 0.2) is 0 Å². The summed E-state index contributed by atoms with van der Waals surface area (Å²) in [5.74, 6) is 2.07. The molecule has 108 valence electrons. The lowest BCUT2D eigenvalue weighted by Crippen LogP contribution is -2.27. The molecule has 1 saturated carbocycles. The van der Waals surface area contributed by atoms with Crippen molar-refractivity contribution in [2.24, 2.45) is 17.8 Å². The van der Waals surface area contributed by atoms with Gasteiger partial charge in [-0.1, -0.05) is 25.5 Å². The van der Waals surface area contributed by atoms with E-state index in [4.69, 9.17) is 4.74 Å². The number of hydrogen-bond acceptors (Lipinski definition) is 2. The van der Waals surface area contributed by atoms with Crippen LogP contribution < -0.4 is 0 Å². The minimum absolute atomic E-state index is 0.0246. The van der Waals surface area contributed by atoms with E-state index in [0.29, 0.717) is 18.9 Å². The van der Waals surface area contributed by atoms with Crippen LogP contribution in [0.1, 0.15) is 65.2 Å². The van der Waals surface area contributed by atoms with Gasteiger partial charge >= 0.3 is 5.97 Å². The second-order valence-corrected chi connectivity index (χ2v) is 6.35. The van der Waals surface area contributed by atoms with Gasteiger partial charge in [0.25, 0.3) is 0 Å². The molecule has 2 aliphatic rings. The summed E-state index contributed by atoms with van der Waals surface area (Å²) >= 11 is 0. The van der Waals surface area contributed by atoms with Gasteiger partial charge in [0.1, 0.15) is 0 Å². The molecule has 0 heterocycles. The van der Waals surface area contributed by atoms with Crippen LogP contribution in [0.4, 0.5) is 0 Å². The zero-order valence-corrected chi connectivity index (χ0v) is 12.5. The maximum atomic E-state index is 11.4. The number of rotatable bonds is 5. The fraction of sp³-hybridized carbons (Fsp3) is 0.824. The zero-order chi connectivity index (χ0) is 13.7. The summed E-state index contributed by atoms with van der Waals surface area (Å²) in [7, 11) is 0. The third-order valence-corrected chi connectivity index (χ3v) is 4.84. The summed E-state index contributed by atoms with van der Waals surface area (Å²) in [4.78, 5) is 11.4. The van der Waals surface area contributed by atoms with Crippen LogP contribution in [-0.4, -0.2) is 12.6 Å². The van der Waals surface area contributed by atoms with E-state index in [2.05, 4.69) is 13.0 Å². The molecule has 19 heavy (non-hydrogen) atoms. The third-order valence-electron chi connectivity index (χ3n) is 4.84. The van der Waals surface area contributed by atoms with Gasteiger partial charge in [0.2, 0.25) is 0 Å². The van der Waals surface area contributed by atoms with Gasteiger partial charge in [-0.15, -0.1) is 0 Å². The summed E-state index contributed by atoms with van der Waals surface area (Å²) in [5, 5.41) is 0. The molecule has 1 fully saturated rings.